The van der Waals surface area contributed by atoms with Gasteiger partial charge >= 0.3 is 5.97 Å². The van der Waals surface area contributed by atoms with Crippen LogP contribution in [-0.2, 0) is 4.79 Å². The molecule has 1 aromatic carbocycles. The van der Waals surface area contributed by atoms with Crippen LogP contribution in [0.1, 0.15) is 23.7 Å². The van der Waals surface area contributed by atoms with Crippen molar-refractivity contribution in [2.45, 2.75) is 19.4 Å². The third-order valence-electron chi connectivity index (χ3n) is 3.83. The van der Waals surface area contributed by atoms with Crippen LogP contribution >= 0.6 is 0 Å². The van der Waals surface area contributed by atoms with Crippen LogP contribution in [0.2, 0.25) is 0 Å². The lowest BCUT2D eigenvalue weighted by Gasteiger charge is -2.24. The Bertz CT molecular complexity index is 535. The van der Waals surface area contributed by atoms with E-state index in [0.717, 1.165) is 0 Å². The van der Waals surface area contributed by atoms with E-state index >= 15 is 0 Å². The van der Waals surface area contributed by atoms with Gasteiger partial charge in [0.15, 0.2) is 0 Å². The van der Waals surface area contributed by atoms with Gasteiger partial charge in [0, 0.05) is 26.2 Å². The van der Waals surface area contributed by atoms with Crippen molar-refractivity contribution in [1.82, 2.24) is 9.80 Å². The van der Waals surface area contributed by atoms with Gasteiger partial charge in [0.1, 0.15) is 11.9 Å². The molecule has 0 radical (unpaired) electrons. The maximum atomic E-state index is 13.7. The average molecular weight is 294 g/mol. The van der Waals surface area contributed by atoms with Gasteiger partial charge in [-0.05, 0) is 25.5 Å². The van der Waals surface area contributed by atoms with Crippen LogP contribution in [0.15, 0.2) is 24.3 Å². The molecular weight excluding hydrogens is 275 g/mol. The predicted molar refractivity (Wildman–Crippen MR) is 75.6 cm³/mol. The molecule has 114 valence electrons. The Morgan fingerprint density at radius 1 is 1.19 bits per heavy atom. The first kappa shape index (κ1) is 15.4. The van der Waals surface area contributed by atoms with Crippen LogP contribution in [0.3, 0.4) is 0 Å². The van der Waals surface area contributed by atoms with Crippen molar-refractivity contribution in [1.29, 1.82) is 0 Å². The Balaban J connectivity index is 2.05. The summed E-state index contributed by atoms with van der Waals surface area (Å²) in [7, 11) is 0. The number of amides is 1. The molecule has 2 rings (SSSR count). The molecule has 0 spiro atoms. The normalized spacial score (nSPS) is 18.1. The van der Waals surface area contributed by atoms with E-state index in [-0.39, 0.29) is 11.5 Å². The summed E-state index contributed by atoms with van der Waals surface area (Å²) < 4.78 is 13.7. The highest BCUT2D eigenvalue weighted by Crippen LogP contribution is 2.13. The van der Waals surface area contributed by atoms with Gasteiger partial charge in [-0.2, -0.15) is 0 Å². The molecule has 6 heteroatoms. The van der Waals surface area contributed by atoms with Crippen molar-refractivity contribution >= 4 is 11.9 Å². The summed E-state index contributed by atoms with van der Waals surface area (Å²) in [6, 6.07) is 5.34. The van der Waals surface area contributed by atoms with Gasteiger partial charge in [-0.3, -0.25) is 14.5 Å². The fourth-order valence-corrected chi connectivity index (χ4v) is 2.49. The summed E-state index contributed by atoms with van der Waals surface area (Å²) in [6.45, 7) is 3.65. The van der Waals surface area contributed by atoms with E-state index in [2.05, 4.69) is 0 Å². The van der Waals surface area contributed by atoms with Crippen LogP contribution in [0.4, 0.5) is 4.39 Å². The first-order valence-electron chi connectivity index (χ1n) is 7.01. The molecule has 1 aliphatic heterocycles. The largest absolute Gasteiger partial charge is 0.480 e. The van der Waals surface area contributed by atoms with Crippen molar-refractivity contribution in [3.63, 3.8) is 0 Å². The molecule has 1 aliphatic rings. The first-order chi connectivity index (χ1) is 10.0. The number of hydrogen-bond acceptors (Lipinski definition) is 3. The number of benzene rings is 1. The van der Waals surface area contributed by atoms with Gasteiger partial charge < -0.3 is 10.0 Å². The van der Waals surface area contributed by atoms with E-state index in [1.807, 2.05) is 4.90 Å². The zero-order chi connectivity index (χ0) is 15.4. The summed E-state index contributed by atoms with van der Waals surface area (Å²) in [5, 5.41) is 9.04. The van der Waals surface area contributed by atoms with Gasteiger partial charge in [-0.1, -0.05) is 12.1 Å². The van der Waals surface area contributed by atoms with E-state index in [1.54, 1.807) is 24.0 Å². The van der Waals surface area contributed by atoms with E-state index in [9.17, 15) is 14.0 Å². The van der Waals surface area contributed by atoms with Crippen LogP contribution in [0.5, 0.6) is 0 Å². The van der Waals surface area contributed by atoms with Crippen LogP contribution in [0.25, 0.3) is 0 Å². The molecule has 1 N–H and O–H groups in total. The van der Waals surface area contributed by atoms with Gasteiger partial charge in [0.05, 0.1) is 5.56 Å². The minimum absolute atomic E-state index is 0.0669. The van der Waals surface area contributed by atoms with Crippen LogP contribution in [-0.4, -0.2) is 59.0 Å². The second kappa shape index (κ2) is 6.67. The molecule has 5 nitrogen and oxygen atoms in total. The Morgan fingerprint density at radius 2 is 1.90 bits per heavy atom. The molecule has 0 bridgehead atoms. The zero-order valence-electron chi connectivity index (χ0n) is 12.0. The minimum atomic E-state index is -0.871. The molecule has 1 unspecified atom stereocenters. The summed E-state index contributed by atoms with van der Waals surface area (Å²) in [4.78, 5) is 26.8. The van der Waals surface area contributed by atoms with Gasteiger partial charge in [0.25, 0.3) is 5.91 Å². The molecule has 0 aromatic heterocycles. The smallest absolute Gasteiger partial charge is 0.320 e. The lowest BCUT2D eigenvalue weighted by atomic mass is 10.2. The molecule has 0 saturated carbocycles. The summed E-state index contributed by atoms with van der Waals surface area (Å²) >= 11 is 0. The monoisotopic (exact) mass is 294 g/mol. The highest BCUT2D eigenvalue weighted by molar-refractivity contribution is 5.94. The zero-order valence-corrected chi connectivity index (χ0v) is 12.0. The van der Waals surface area contributed by atoms with Crippen molar-refractivity contribution in [2.75, 3.05) is 26.2 Å². The maximum Gasteiger partial charge on any atom is 0.320 e. The number of halogens is 1. The summed E-state index contributed by atoms with van der Waals surface area (Å²) in [5.41, 5.74) is 0.0669. The molecule has 1 amide bonds. The fraction of sp³-hybridized carbons (Fsp3) is 0.467. The van der Waals surface area contributed by atoms with Crippen LogP contribution in [0, 0.1) is 5.82 Å². The van der Waals surface area contributed by atoms with E-state index in [0.29, 0.717) is 32.6 Å². The molecule has 1 aromatic rings. The highest BCUT2D eigenvalue weighted by atomic mass is 19.1. The van der Waals surface area contributed by atoms with Gasteiger partial charge in [-0.15, -0.1) is 0 Å². The highest BCUT2D eigenvalue weighted by Gasteiger charge is 2.26. The van der Waals surface area contributed by atoms with E-state index < -0.39 is 17.8 Å². The molecule has 21 heavy (non-hydrogen) atoms. The number of carboxylic acids is 1. The Morgan fingerprint density at radius 3 is 2.57 bits per heavy atom. The number of carbonyl (C=O) groups excluding carboxylic acids is 1. The molecule has 0 aliphatic carbocycles. The second-order valence-electron chi connectivity index (χ2n) is 5.18. The molecule has 1 atom stereocenters. The predicted octanol–water partition coefficient (Wildman–Crippen LogP) is 1.45. The van der Waals surface area contributed by atoms with Gasteiger partial charge in [-0.25, -0.2) is 4.39 Å². The average Bonchev–Trinajstić information content (AvgIpc) is 2.72. The topological polar surface area (TPSA) is 60.9 Å². The summed E-state index contributed by atoms with van der Waals surface area (Å²) in [6.07, 6.45) is 0.678. The van der Waals surface area contributed by atoms with Crippen molar-refractivity contribution in [3.8, 4) is 0 Å². The number of hydrogen-bond donors (Lipinski definition) is 1. The number of carbonyl (C=O) groups is 2. The number of aliphatic carboxylic acids is 1. The molecule has 1 heterocycles. The van der Waals surface area contributed by atoms with Crippen molar-refractivity contribution in [3.05, 3.63) is 35.6 Å². The lowest BCUT2D eigenvalue weighted by Crippen LogP contribution is -2.42. The first-order valence-corrected chi connectivity index (χ1v) is 7.01. The van der Waals surface area contributed by atoms with E-state index in [4.69, 9.17) is 5.11 Å². The number of carboxylic acid groups (broad SMARTS) is 1. The standard InChI is InChI=1S/C15H19FN2O3/c1-11(15(20)21)17-7-4-8-18(10-9-17)14(19)12-5-2-3-6-13(12)16/h2-3,5-6,11H,4,7-10H2,1H3,(H,20,21). The van der Waals surface area contributed by atoms with Crippen LogP contribution < -0.4 is 0 Å². The minimum Gasteiger partial charge on any atom is -0.480 e. The number of nitrogens with zero attached hydrogens (tertiary/aromatic N) is 2. The Hall–Kier alpha value is -1.95. The lowest BCUT2D eigenvalue weighted by molar-refractivity contribution is -0.142. The number of rotatable bonds is 3. The Labute approximate surface area is 123 Å². The molecule has 1 fully saturated rings. The summed E-state index contributed by atoms with van der Waals surface area (Å²) in [5.74, 6) is -1.73. The quantitative estimate of drug-likeness (QED) is 0.916. The third-order valence-corrected chi connectivity index (χ3v) is 3.83. The Kier molecular flexibility index (Phi) is 4.90. The van der Waals surface area contributed by atoms with E-state index in [1.165, 1.54) is 12.1 Å². The third kappa shape index (κ3) is 3.58. The SMILES string of the molecule is CC(C(=O)O)N1CCCN(C(=O)c2ccccc2F)CC1. The molecular formula is C15H19FN2O3. The fourth-order valence-electron chi connectivity index (χ4n) is 2.49. The van der Waals surface area contributed by atoms with Crippen molar-refractivity contribution in [2.24, 2.45) is 0 Å². The van der Waals surface area contributed by atoms with Crippen molar-refractivity contribution < 1.29 is 19.1 Å². The maximum absolute atomic E-state index is 13.7. The second-order valence-corrected chi connectivity index (χ2v) is 5.18. The van der Waals surface area contributed by atoms with Gasteiger partial charge in [0.2, 0.25) is 0 Å². The molecule has 1 saturated heterocycles.